The average molecular weight is 265 g/mol. The topological polar surface area (TPSA) is 102 Å². The summed E-state index contributed by atoms with van der Waals surface area (Å²) < 4.78 is 20.9. The minimum absolute atomic E-state index is 0.130. The van der Waals surface area contributed by atoms with E-state index in [4.69, 9.17) is 5.11 Å². The van der Waals surface area contributed by atoms with Gasteiger partial charge in [0.1, 0.15) is 6.16 Å². The van der Waals surface area contributed by atoms with E-state index in [0.717, 1.165) is 14.2 Å². The molecule has 0 fully saturated rings. The predicted octanol–water partition coefficient (Wildman–Crippen LogP) is 1.96. The highest BCUT2D eigenvalue weighted by atomic mass is 31.2. The van der Waals surface area contributed by atoms with Crippen molar-refractivity contribution in [3.63, 3.8) is 0 Å². The molecule has 0 aliphatic carbocycles. The fraction of sp³-hybridized carbons (Fsp3) is 0.667. The van der Waals surface area contributed by atoms with Gasteiger partial charge in [0.05, 0.1) is 5.71 Å². The Balaban J connectivity index is 4.87. The molecule has 7 nitrogen and oxygen atoms in total. The first kappa shape index (κ1) is 16.0. The molecule has 0 aliphatic heterocycles. The third-order valence-corrected chi connectivity index (χ3v) is 3.72. The van der Waals surface area contributed by atoms with Crippen LogP contribution in [0.5, 0.6) is 0 Å². The van der Waals surface area contributed by atoms with E-state index in [-0.39, 0.29) is 12.1 Å². The van der Waals surface area contributed by atoms with Crippen LogP contribution in [0.4, 0.5) is 4.79 Å². The molecule has 0 radical (unpaired) electrons. The Morgan fingerprint density at radius 2 is 1.82 bits per heavy atom. The van der Waals surface area contributed by atoms with Crippen molar-refractivity contribution in [3.8, 4) is 0 Å². The number of carbonyl (C=O) groups excluding carboxylic acids is 1. The zero-order valence-corrected chi connectivity index (χ0v) is 10.9. The van der Waals surface area contributed by atoms with Crippen LogP contribution in [0.15, 0.2) is 4.99 Å². The number of amides is 1. The molecule has 0 unspecified atom stereocenters. The Kier molecular flexibility index (Phi) is 6.87. The number of carbonyl (C=O) groups is 2. The summed E-state index contributed by atoms with van der Waals surface area (Å²) in [6.07, 6.45) is -1.20. The summed E-state index contributed by atoms with van der Waals surface area (Å²) in [5, 5.41) is 8.50. The van der Waals surface area contributed by atoms with E-state index < -0.39 is 25.6 Å². The van der Waals surface area contributed by atoms with Crippen LogP contribution >= 0.6 is 7.60 Å². The summed E-state index contributed by atoms with van der Waals surface area (Å²) >= 11 is 0. The Labute approximate surface area is 99.4 Å². The van der Waals surface area contributed by atoms with Gasteiger partial charge in [-0.1, -0.05) is 13.3 Å². The summed E-state index contributed by atoms with van der Waals surface area (Å²) in [6.45, 7) is 1.77. The number of rotatable bonds is 7. The van der Waals surface area contributed by atoms with Gasteiger partial charge < -0.3 is 14.2 Å². The fourth-order valence-corrected chi connectivity index (χ4v) is 2.02. The maximum atomic E-state index is 11.7. The quantitative estimate of drug-likeness (QED) is 0.557. The number of Topliss-reactive ketones (excluding diaryl/α,β-unsaturated/α-hetero) is 1. The van der Waals surface area contributed by atoms with Crippen LogP contribution in [-0.4, -0.2) is 43.1 Å². The molecule has 0 aliphatic rings. The van der Waals surface area contributed by atoms with Crippen LogP contribution < -0.4 is 0 Å². The number of carboxylic acid groups (broad SMARTS) is 1. The summed E-state index contributed by atoms with van der Waals surface area (Å²) in [5.41, 5.74) is -0.130. The van der Waals surface area contributed by atoms with Gasteiger partial charge in [-0.25, -0.2) is 4.79 Å². The highest BCUT2D eigenvalue weighted by Crippen LogP contribution is 2.46. The van der Waals surface area contributed by atoms with E-state index in [9.17, 15) is 14.2 Å². The Hall–Kier alpha value is -1.04. The van der Waals surface area contributed by atoms with Crippen molar-refractivity contribution in [3.05, 3.63) is 0 Å². The molecule has 17 heavy (non-hydrogen) atoms. The van der Waals surface area contributed by atoms with Crippen LogP contribution in [0, 0.1) is 0 Å². The molecule has 0 aromatic rings. The van der Waals surface area contributed by atoms with Gasteiger partial charge in [-0.15, -0.1) is 0 Å². The third-order valence-electron chi connectivity index (χ3n) is 1.93. The van der Waals surface area contributed by atoms with Crippen molar-refractivity contribution < 1.29 is 28.3 Å². The lowest BCUT2D eigenvalue weighted by Crippen LogP contribution is -2.20. The molecule has 0 atom stereocenters. The van der Waals surface area contributed by atoms with E-state index in [0.29, 0.717) is 6.42 Å². The minimum atomic E-state index is -3.48. The van der Waals surface area contributed by atoms with Crippen LogP contribution in [-0.2, 0) is 18.4 Å². The van der Waals surface area contributed by atoms with Crippen LogP contribution in [0.3, 0.4) is 0 Å². The summed E-state index contributed by atoms with van der Waals surface area (Å²) in [7, 11) is -1.17. The standard InChI is InChI=1S/C9H16NO6P/c1-4-5-7(10-9(12)13)8(11)6-17(14,15-2)16-3/h4-6H2,1-3H3,(H,12,13). The SMILES string of the molecule is CCCC(=NC(=O)O)C(=O)CP(=O)(OC)OC. The van der Waals surface area contributed by atoms with Gasteiger partial charge in [0.2, 0.25) is 0 Å². The summed E-state index contributed by atoms with van der Waals surface area (Å²) in [6, 6.07) is 0. The van der Waals surface area contributed by atoms with E-state index >= 15 is 0 Å². The molecule has 0 aromatic heterocycles. The van der Waals surface area contributed by atoms with Crippen molar-refractivity contribution in [2.75, 3.05) is 20.4 Å². The lowest BCUT2D eigenvalue weighted by atomic mass is 10.1. The monoisotopic (exact) mass is 265 g/mol. The van der Waals surface area contributed by atoms with Gasteiger partial charge in [-0.3, -0.25) is 9.36 Å². The third kappa shape index (κ3) is 5.72. The van der Waals surface area contributed by atoms with Crippen molar-refractivity contribution in [1.82, 2.24) is 0 Å². The zero-order valence-electron chi connectivity index (χ0n) is 10.0. The number of hydrogen-bond donors (Lipinski definition) is 1. The van der Waals surface area contributed by atoms with Crippen LogP contribution in [0.1, 0.15) is 19.8 Å². The minimum Gasteiger partial charge on any atom is -0.463 e. The number of aliphatic imine (C=N–C) groups is 1. The zero-order chi connectivity index (χ0) is 13.5. The van der Waals surface area contributed by atoms with Gasteiger partial charge in [0.15, 0.2) is 5.78 Å². The maximum Gasteiger partial charge on any atom is 0.431 e. The normalized spacial score (nSPS) is 12.5. The van der Waals surface area contributed by atoms with E-state index in [1.165, 1.54) is 0 Å². The molecule has 0 saturated heterocycles. The molecule has 1 N–H and O–H groups in total. The van der Waals surface area contributed by atoms with E-state index in [2.05, 4.69) is 14.0 Å². The second-order valence-electron chi connectivity index (χ2n) is 3.15. The Bertz CT molecular complexity index is 356. The number of hydrogen-bond acceptors (Lipinski definition) is 5. The highest BCUT2D eigenvalue weighted by molar-refractivity contribution is 7.55. The lowest BCUT2D eigenvalue weighted by molar-refractivity contribution is -0.111. The first-order chi connectivity index (χ1) is 7.88. The van der Waals surface area contributed by atoms with E-state index in [1.54, 1.807) is 6.92 Å². The molecule has 0 aromatic carbocycles. The summed E-state index contributed by atoms with van der Waals surface area (Å²) in [5.74, 6) is -0.638. The lowest BCUT2D eigenvalue weighted by Gasteiger charge is -2.12. The first-order valence-corrected chi connectivity index (χ1v) is 6.65. The van der Waals surface area contributed by atoms with Crippen molar-refractivity contribution in [1.29, 1.82) is 0 Å². The second kappa shape index (κ2) is 7.32. The fourth-order valence-electron chi connectivity index (χ4n) is 1.08. The van der Waals surface area contributed by atoms with Gasteiger partial charge in [0, 0.05) is 14.2 Å². The van der Waals surface area contributed by atoms with Crippen LogP contribution in [0.2, 0.25) is 0 Å². The van der Waals surface area contributed by atoms with Crippen molar-refractivity contribution >= 4 is 25.2 Å². The molecule has 8 heteroatoms. The second-order valence-corrected chi connectivity index (χ2v) is 5.42. The molecule has 0 spiro atoms. The van der Waals surface area contributed by atoms with Crippen molar-refractivity contribution in [2.45, 2.75) is 19.8 Å². The average Bonchev–Trinajstić information content (AvgIpc) is 2.27. The highest BCUT2D eigenvalue weighted by Gasteiger charge is 2.28. The smallest absolute Gasteiger partial charge is 0.431 e. The van der Waals surface area contributed by atoms with Gasteiger partial charge in [-0.2, -0.15) is 4.99 Å². The predicted molar refractivity (Wildman–Crippen MR) is 61.9 cm³/mol. The maximum absolute atomic E-state index is 11.7. The van der Waals surface area contributed by atoms with Gasteiger partial charge >= 0.3 is 13.7 Å². The van der Waals surface area contributed by atoms with Crippen LogP contribution in [0.25, 0.3) is 0 Å². The molecule has 0 bridgehead atoms. The number of nitrogens with zero attached hydrogens (tertiary/aromatic N) is 1. The van der Waals surface area contributed by atoms with E-state index in [1.807, 2.05) is 0 Å². The summed E-state index contributed by atoms with van der Waals surface area (Å²) in [4.78, 5) is 25.3. The molecule has 0 heterocycles. The molecule has 0 saturated carbocycles. The first-order valence-electron chi connectivity index (χ1n) is 4.92. The number of ketones is 1. The Morgan fingerprint density at radius 1 is 1.29 bits per heavy atom. The van der Waals surface area contributed by atoms with Gasteiger partial charge in [0.25, 0.3) is 0 Å². The Morgan fingerprint density at radius 3 is 2.18 bits per heavy atom. The molecule has 98 valence electrons. The van der Waals surface area contributed by atoms with Crippen molar-refractivity contribution in [2.24, 2.45) is 4.99 Å². The molecular weight excluding hydrogens is 249 g/mol. The van der Waals surface area contributed by atoms with Gasteiger partial charge in [-0.05, 0) is 6.42 Å². The largest absolute Gasteiger partial charge is 0.463 e. The molecular formula is C9H16NO6P. The molecule has 1 amide bonds. The molecule has 0 rings (SSSR count).